The largest absolute Gasteiger partial charge is 0.509 e. The van der Waals surface area contributed by atoms with Crippen LogP contribution in [0.3, 0.4) is 0 Å². The van der Waals surface area contributed by atoms with Gasteiger partial charge in [-0.3, -0.25) is 5.41 Å². The summed E-state index contributed by atoms with van der Waals surface area (Å²) in [5.41, 5.74) is 4.61. The average Bonchev–Trinajstić information content (AvgIpc) is 3.10. The zero-order valence-corrected chi connectivity index (χ0v) is 13.9. The van der Waals surface area contributed by atoms with Crippen LogP contribution in [-0.4, -0.2) is 27.5 Å². The number of aromatic amines is 1. The lowest BCUT2D eigenvalue weighted by atomic mass is 10.1. The molecule has 5 nitrogen and oxygen atoms in total. The Morgan fingerprint density at radius 2 is 1.96 bits per heavy atom. The molecule has 25 heavy (non-hydrogen) atoms. The fourth-order valence-electron chi connectivity index (χ4n) is 3.04. The summed E-state index contributed by atoms with van der Waals surface area (Å²) in [7, 11) is 0. The van der Waals surface area contributed by atoms with Crippen LogP contribution in [0.1, 0.15) is 17.0 Å². The molecule has 0 amide bonds. The number of hydrogen-bond donors (Lipinski definition) is 3. The predicted molar refractivity (Wildman–Crippen MR) is 96.6 cm³/mol. The van der Waals surface area contributed by atoms with Crippen LogP contribution in [0.15, 0.2) is 42.2 Å². The molecule has 0 atom stereocenters. The smallest absolute Gasteiger partial charge is 0.145 e. The topological polar surface area (TPSA) is 76.0 Å². The van der Waals surface area contributed by atoms with Crippen molar-refractivity contribution in [3.05, 3.63) is 64.9 Å². The van der Waals surface area contributed by atoms with Crippen LogP contribution in [0.2, 0.25) is 0 Å². The monoisotopic (exact) mass is 336 g/mol. The van der Waals surface area contributed by atoms with Gasteiger partial charge in [0.1, 0.15) is 23.2 Å². The number of imidazole rings is 1. The number of benzene rings is 2. The number of H-pyrrole nitrogens is 1. The third-order valence-corrected chi connectivity index (χ3v) is 4.59. The Hall–Kier alpha value is -3.15. The summed E-state index contributed by atoms with van der Waals surface area (Å²) in [6.07, 6.45) is 0. The molecule has 1 aliphatic heterocycles. The number of nitrogens with zero attached hydrogens (tertiary/aromatic N) is 2. The SMILES string of the molecule is Cc1ccc(N2CC(O)=C(c3nc4ccc(F)cc4[nH]3)C2=N)cc1C. The van der Waals surface area contributed by atoms with Crippen LogP contribution < -0.4 is 4.90 Å². The molecule has 0 unspecified atom stereocenters. The van der Waals surface area contributed by atoms with E-state index in [1.54, 1.807) is 11.0 Å². The Labute approximate surface area is 143 Å². The van der Waals surface area contributed by atoms with Gasteiger partial charge in [-0.15, -0.1) is 0 Å². The second kappa shape index (κ2) is 5.44. The third-order valence-electron chi connectivity index (χ3n) is 4.59. The number of amidine groups is 1. The Morgan fingerprint density at radius 3 is 2.72 bits per heavy atom. The number of aliphatic hydroxyl groups is 1. The van der Waals surface area contributed by atoms with Gasteiger partial charge in [0.2, 0.25) is 0 Å². The van der Waals surface area contributed by atoms with E-state index in [1.807, 2.05) is 32.0 Å². The van der Waals surface area contributed by atoms with Gasteiger partial charge in [-0.1, -0.05) is 6.07 Å². The number of aliphatic hydroxyl groups excluding tert-OH is 1. The molecule has 0 fully saturated rings. The number of nitrogens with one attached hydrogen (secondary N) is 2. The fourth-order valence-corrected chi connectivity index (χ4v) is 3.04. The van der Waals surface area contributed by atoms with Crippen molar-refractivity contribution < 1.29 is 9.50 Å². The zero-order chi connectivity index (χ0) is 17.7. The van der Waals surface area contributed by atoms with Crippen molar-refractivity contribution >= 4 is 28.1 Å². The summed E-state index contributed by atoms with van der Waals surface area (Å²) >= 11 is 0. The average molecular weight is 336 g/mol. The van der Waals surface area contributed by atoms with E-state index in [4.69, 9.17) is 5.41 Å². The van der Waals surface area contributed by atoms with Crippen molar-refractivity contribution in [2.75, 3.05) is 11.4 Å². The Kier molecular flexibility index (Phi) is 3.35. The third kappa shape index (κ3) is 2.46. The predicted octanol–water partition coefficient (Wildman–Crippen LogP) is 4.09. The number of rotatable bonds is 2. The fraction of sp³-hybridized carbons (Fsp3) is 0.158. The summed E-state index contributed by atoms with van der Waals surface area (Å²) in [5, 5.41) is 18.9. The molecule has 2 heterocycles. The van der Waals surface area contributed by atoms with E-state index in [1.165, 1.54) is 17.7 Å². The first-order valence-electron chi connectivity index (χ1n) is 7.95. The van der Waals surface area contributed by atoms with Gasteiger partial charge in [-0.2, -0.15) is 0 Å². The second-order valence-corrected chi connectivity index (χ2v) is 6.27. The lowest BCUT2D eigenvalue weighted by Crippen LogP contribution is -2.26. The number of anilines is 1. The molecule has 1 aliphatic rings. The lowest BCUT2D eigenvalue weighted by molar-refractivity contribution is 0.411. The molecule has 126 valence electrons. The van der Waals surface area contributed by atoms with Gasteiger partial charge in [-0.05, 0) is 55.3 Å². The Balaban J connectivity index is 1.73. The highest BCUT2D eigenvalue weighted by Gasteiger charge is 2.31. The highest BCUT2D eigenvalue weighted by molar-refractivity contribution is 6.30. The van der Waals surface area contributed by atoms with Gasteiger partial charge in [0.25, 0.3) is 0 Å². The molecule has 0 radical (unpaired) electrons. The summed E-state index contributed by atoms with van der Waals surface area (Å²) < 4.78 is 13.4. The quantitative estimate of drug-likeness (QED) is 0.660. The molecule has 0 spiro atoms. The molecule has 3 N–H and O–H groups in total. The van der Waals surface area contributed by atoms with Gasteiger partial charge in [0.15, 0.2) is 0 Å². The Morgan fingerprint density at radius 1 is 1.16 bits per heavy atom. The van der Waals surface area contributed by atoms with Gasteiger partial charge in [0.05, 0.1) is 23.2 Å². The summed E-state index contributed by atoms with van der Waals surface area (Å²) in [6.45, 7) is 4.26. The minimum Gasteiger partial charge on any atom is -0.509 e. The van der Waals surface area contributed by atoms with Crippen molar-refractivity contribution in [1.29, 1.82) is 5.41 Å². The second-order valence-electron chi connectivity index (χ2n) is 6.27. The van der Waals surface area contributed by atoms with Crippen molar-refractivity contribution in [2.24, 2.45) is 0 Å². The van der Waals surface area contributed by atoms with Crippen LogP contribution in [0, 0.1) is 25.1 Å². The maximum atomic E-state index is 13.4. The molecular formula is C19H17FN4O. The number of halogens is 1. The van der Waals surface area contributed by atoms with E-state index in [2.05, 4.69) is 9.97 Å². The first kappa shape index (κ1) is 15.4. The number of aromatic nitrogens is 2. The van der Waals surface area contributed by atoms with Crippen molar-refractivity contribution in [1.82, 2.24) is 9.97 Å². The standard InChI is InChI=1S/C19H17FN4O/c1-10-3-5-13(7-11(10)2)24-9-16(25)17(18(24)21)19-22-14-6-4-12(20)8-15(14)23-19/h3-8,21,25H,9H2,1-2H3,(H,22,23). The minimum absolute atomic E-state index is 0.0720. The van der Waals surface area contributed by atoms with Crippen molar-refractivity contribution in [3.8, 4) is 0 Å². The molecule has 4 rings (SSSR count). The van der Waals surface area contributed by atoms with Crippen molar-refractivity contribution in [2.45, 2.75) is 13.8 Å². The van der Waals surface area contributed by atoms with E-state index in [-0.39, 0.29) is 24.0 Å². The maximum absolute atomic E-state index is 13.4. The molecule has 6 heteroatoms. The minimum atomic E-state index is -0.362. The molecule has 1 aromatic heterocycles. The first-order chi connectivity index (χ1) is 11.9. The molecule has 0 saturated carbocycles. The molecule has 2 aromatic carbocycles. The number of hydrogen-bond acceptors (Lipinski definition) is 3. The lowest BCUT2D eigenvalue weighted by Gasteiger charge is -2.19. The van der Waals surface area contributed by atoms with Crippen LogP contribution >= 0.6 is 0 Å². The van der Waals surface area contributed by atoms with Gasteiger partial charge in [0, 0.05) is 5.69 Å². The number of aryl methyl sites for hydroxylation is 2. The Bertz CT molecular complexity index is 1050. The van der Waals surface area contributed by atoms with Crippen LogP contribution in [0.5, 0.6) is 0 Å². The first-order valence-corrected chi connectivity index (χ1v) is 7.95. The van der Waals surface area contributed by atoms with Gasteiger partial charge >= 0.3 is 0 Å². The molecule has 0 aliphatic carbocycles. The number of fused-ring (bicyclic) bond motifs is 1. The van der Waals surface area contributed by atoms with E-state index in [0.717, 1.165) is 11.3 Å². The molecule has 3 aromatic rings. The highest BCUT2D eigenvalue weighted by atomic mass is 19.1. The molecule has 0 bridgehead atoms. The highest BCUT2D eigenvalue weighted by Crippen LogP contribution is 2.31. The molecule has 0 saturated heterocycles. The summed E-state index contributed by atoms with van der Waals surface area (Å²) in [5.74, 6) is 0.247. The molecular weight excluding hydrogens is 319 g/mol. The van der Waals surface area contributed by atoms with E-state index in [0.29, 0.717) is 22.4 Å². The van der Waals surface area contributed by atoms with Crippen LogP contribution in [0.4, 0.5) is 10.1 Å². The van der Waals surface area contributed by atoms with E-state index < -0.39 is 0 Å². The summed E-state index contributed by atoms with van der Waals surface area (Å²) in [4.78, 5) is 9.11. The van der Waals surface area contributed by atoms with Crippen LogP contribution in [-0.2, 0) is 0 Å². The van der Waals surface area contributed by atoms with E-state index in [9.17, 15) is 9.50 Å². The van der Waals surface area contributed by atoms with Gasteiger partial charge in [-0.25, -0.2) is 9.37 Å². The summed E-state index contributed by atoms with van der Waals surface area (Å²) in [6, 6.07) is 10.2. The maximum Gasteiger partial charge on any atom is 0.145 e. The zero-order valence-electron chi connectivity index (χ0n) is 13.9. The van der Waals surface area contributed by atoms with Gasteiger partial charge < -0.3 is 15.0 Å². The van der Waals surface area contributed by atoms with Crippen LogP contribution in [0.25, 0.3) is 16.6 Å². The van der Waals surface area contributed by atoms with Crippen molar-refractivity contribution in [3.63, 3.8) is 0 Å². The normalized spacial score (nSPS) is 14.8. The van der Waals surface area contributed by atoms with E-state index >= 15 is 0 Å².